The summed E-state index contributed by atoms with van der Waals surface area (Å²) in [5.41, 5.74) is 4.04. The molecule has 1 N–H and O–H groups in total. The predicted molar refractivity (Wildman–Crippen MR) is 87.2 cm³/mol. The molecular formula is C19H22FNO. The van der Waals surface area contributed by atoms with Gasteiger partial charge in [0.2, 0.25) is 5.91 Å². The van der Waals surface area contributed by atoms with E-state index in [2.05, 4.69) is 23.5 Å². The van der Waals surface area contributed by atoms with Gasteiger partial charge in [0, 0.05) is 6.42 Å². The van der Waals surface area contributed by atoms with Gasteiger partial charge in [-0.3, -0.25) is 4.79 Å². The first kappa shape index (κ1) is 16.2. The standard InChI is InChI=1S/C19H22FNO/c1-13-8-9-14(2)17(12-13)15(3)21-19(22)11-10-16-6-4-5-7-18(16)20/h4-9,12,15H,10-11H2,1-3H3,(H,21,22)/t15-/m0/s1. The maximum Gasteiger partial charge on any atom is 0.220 e. The Bertz CT molecular complexity index is 666. The first-order valence-electron chi connectivity index (χ1n) is 7.57. The average Bonchev–Trinajstić information content (AvgIpc) is 2.48. The Morgan fingerprint density at radius 1 is 1.18 bits per heavy atom. The van der Waals surface area contributed by atoms with Gasteiger partial charge in [-0.05, 0) is 49.9 Å². The van der Waals surface area contributed by atoms with Gasteiger partial charge in [0.15, 0.2) is 0 Å². The number of aryl methyl sites for hydroxylation is 3. The van der Waals surface area contributed by atoms with Crippen molar-refractivity contribution in [1.82, 2.24) is 5.32 Å². The van der Waals surface area contributed by atoms with Gasteiger partial charge in [-0.15, -0.1) is 0 Å². The molecule has 0 heterocycles. The molecule has 22 heavy (non-hydrogen) atoms. The fraction of sp³-hybridized carbons (Fsp3) is 0.316. The summed E-state index contributed by atoms with van der Waals surface area (Å²) in [5, 5.41) is 2.99. The van der Waals surface area contributed by atoms with E-state index in [1.807, 2.05) is 20.8 Å². The van der Waals surface area contributed by atoms with Crippen LogP contribution in [0.25, 0.3) is 0 Å². The number of carbonyl (C=O) groups is 1. The quantitative estimate of drug-likeness (QED) is 0.878. The van der Waals surface area contributed by atoms with Crippen LogP contribution in [0.4, 0.5) is 4.39 Å². The summed E-state index contributed by atoms with van der Waals surface area (Å²) < 4.78 is 13.5. The third-order valence-corrected chi connectivity index (χ3v) is 3.86. The third kappa shape index (κ3) is 4.17. The summed E-state index contributed by atoms with van der Waals surface area (Å²) in [6.45, 7) is 6.05. The molecule has 0 saturated carbocycles. The summed E-state index contributed by atoms with van der Waals surface area (Å²) in [6.07, 6.45) is 0.703. The molecule has 0 unspecified atom stereocenters. The summed E-state index contributed by atoms with van der Waals surface area (Å²) in [4.78, 5) is 12.1. The Labute approximate surface area is 131 Å². The highest BCUT2D eigenvalue weighted by atomic mass is 19.1. The zero-order valence-corrected chi connectivity index (χ0v) is 13.3. The lowest BCUT2D eigenvalue weighted by atomic mass is 9.99. The van der Waals surface area contributed by atoms with Gasteiger partial charge in [0.1, 0.15) is 5.82 Å². The lowest BCUT2D eigenvalue weighted by Gasteiger charge is -2.17. The monoisotopic (exact) mass is 299 g/mol. The van der Waals surface area contributed by atoms with Crippen molar-refractivity contribution in [2.75, 3.05) is 0 Å². The molecule has 0 bridgehead atoms. The van der Waals surface area contributed by atoms with Gasteiger partial charge in [0.05, 0.1) is 6.04 Å². The van der Waals surface area contributed by atoms with Crippen LogP contribution in [-0.2, 0) is 11.2 Å². The van der Waals surface area contributed by atoms with Crippen molar-refractivity contribution in [3.05, 3.63) is 70.5 Å². The molecule has 0 saturated heterocycles. The molecule has 2 aromatic carbocycles. The SMILES string of the molecule is Cc1ccc(C)c([C@H](C)NC(=O)CCc2ccccc2F)c1. The average molecular weight is 299 g/mol. The van der Waals surface area contributed by atoms with Gasteiger partial charge in [0.25, 0.3) is 0 Å². The molecule has 2 rings (SSSR count). The van der Waals surface area contributed by atoms with Crippen molar-refractivity contribution in [3.63, 3.8) is 0 Å². The molecule has 0 fully saturated rings. The molecular weight excluding hydrogens is 277 g/mol. The Hall–Kier alpha value is -2.16. The van der Waals surface area contributed by atoms with Crippen molar-refractivity contribution in [2.24, 2.45) is 0 Å². The van der Waals surface area contributed by atoms with Gasteiger partial charge >= 0.3 is 0 Å². The second kappa shape index (κ2) is 7.21. The molecule has 0 spiro atoms. The van der Waals surface area contributed by atoms with Gasteiger partial charge < -0.3 is 5.32 Å². The van der Waals surface area contributed by atoms with Crippen molar-refractivity contribution in [1.29, 1.82) is 0 Å². The number of hydrogen-bond acceptors (Lipinski definition) is 1. The topological polar surface area (TPSA) is 29.1 Å². The number of rotatable bonds is 5. The second-order valence-electron chi connectivity index (χ2n) is 5.74. The molecule has 0 aliphatic carbocycles. The normalized spacial score (nSPS) is 12.0. The summed E-state index contributed by atoms with van der Waals surface area (Å²) in [7, 11) is 0. The van der Waals surface area contributed by atoms with Crippen LogP contribution in [0.2, 0.25) is 0 Å². The van der Waals surface area contributed by atoms with Crippen LogP contribution in [0.3, 0.4) is 0 Å². The van der Waals surface area contributed by atoms with E-state index in [9.17, 15) is 9.18 Å². The van der Waals surface area contributed by atoms with Crippen LogP contribution in [0, 0.1) is 19.7 Å². The lowest BCUT2D eigenvalue weighted by Crippen LogP contribution is -2.27. The van der Waals surface area contributed by atoms with E-state index >= 15 is 0 Å². The highest BCUT2D eigenvalue weighted by Gasteiger charge is 2.12. The largest absolute Gasteiger partial charge is 0.350 e. The van der Waals surface area contributed by atoms with Crippen LogP contribution in [0.15, 0.2) is 42.5 Å². The van der Waals surface area contributed by atoms with Crippen LogP contribution in [0.5, 0.6) is 0 Å². The third-order valence-electron chi connectivity index (χ3n) is 3.86. The molecule has 0 aliphatic heterocycles. The Balaban J connectivity index is 1.94. The molecule has 2 aromatic rings. The first-order chi connectivity index (χ1) is 10.5. The molecule has 0 radical (unpaired) electrons. The summed E-state index contributed by atoms with van der Waals surface area (Å²) in [5.74, 6) is -0.311. The molecule has 2 nitrogen and oxygen atoms in total. The number of amides is 1. The predicted octanol–water partition coefficient (Wildman–Crippen LogP) is 4.25. The van der Waals surface area contributed by atoms with E-state index in [0.717, 1.165) is 11.1 Å². The maximum absolute atomic E-state index is 13.5. The van der Waals surface area contributed by atoms with Crippen molar-refractivity contribution >= 4 is 5.91 Å². The number of carbonyl (C=O) groups excluding carboxylic acids is 1. The van der Waals surface area contributed by atoms with Crippen molar-refractivity contribution < 1.29 is 9.18 Å². The summed E-state index contributed by atoms with van der Waals surface area (Å²) >= 11 is 0. The van der Waals surface area contributed by atoms with E-state index in [1.54, 1.807) is 18.2 Å². The number of hydrogen-bond donors (Lipinski definition) is 1. The highest BCUT2D eigenvalue weighted by molar-refractivity contribution is 5.76. The smallest absolute Gasteiger partial charge is 0.220 e. The van der Waals surface area contributed by atoms with Gasteiger partial charge in [-0.25, -0.2) is 4.39 Å². The van der Waals surface area contributed by atoms with Crippen molar-refractivity contribution in [2.45, 2.75) is 39.7 Å². The zero-order valence-electron chi connectivity index (χ0n) is 13.3. The molecule has 1 atom stereocenters. The van der Waals surface area contributed by atoms with Crippen LogP contribution in [0.1, 0.15) is 41.6 Å². The van der Waals surface area contributed by atoms with Crippen molar-refractivity contribution in [3.8, 4) is 0 Å². The maximum atomic E-state index is 13.5. The minimum atomic E-state index is -0.252. The lowest BCUT2D eigenvalue weighted by molar-refractivity contribution is -0.121. The molecule has 0 aliphatic rings. The fourth-order valence-corrected chi connectivity index (χ4v) is 2.57. The second-order valence-corrected chi connectivity index (χ2v) is 5.74. The number of halogens is 1. The van der Waals surface area contributed by atoms with E-state index in [1.165, 1.54) is 11.6 Å². The fourth-order valence-electron chi connectivity index (χ4n) is 2.57. The zero-order chi connectivity index (χ0) is 16.1. The highest BCUT2D eigenvalue weighted by Crippen LogP contribution is 2.19. The molecule has 1 amide bonds. The Morgan fingerprint density at radius 2 is 1.91 bits per heavy atom. The van der Waals surface area contributed by atoms with E-state index < -0.39 is 0 Å². The van der Waals surface area contributed by atoms with E-state index in [-0.39, 0.29) is 24.2 Å². The van der Waals surface area contributed by atoms with E-state index in [0.29, 0.717) is 12.0 Å². The van der Waals surface area contributed by atoms with Crippen LogP contribution < -0.4 is 5.32 Å². The van der Waals surface area contributed by atoms with Gasteiger partial charge in [-0.1, -0.05) is 42.0 Å². The Morgan fingerprint density at radius 3 is 2.64 bits per heavy atom. The Kier molecular flexibility index (Phi) is 5.31. The molecule has 3 heteroatoms. The minimum Gasteiger partial charge on any atom is -0.350 e. The first-order valence-corrected chi connectivity index (χ1v) is 7.57. The van der Waals surface area contributed by atoms with E-state index in [4.69, 9.17) is 0 Å². The number of nitrogens with one attached hydrogen (secondary N) is 1. The molecule has 0 aromatic heterocycles. The van der Waals surface area contributed by atoms with Crippen LogP contribution >= 0.6 is 0 Å². The van der Waals surface area contributed by atoms with Gasteiger partial charge in [-0.2, -0.15) is 0 Å². The minimum absolute atomic E-state index is 0.0481. The molecule has 116 valence electrons. The summed E-state index contributed by atoms with van der Waals surface area (Å²) in [6, 6.07) is 12.8. The van der Waals surface area contributed by atoms with Crippen LogP contribution in [-0.4, -0.2) is 5.91 Å². The number of benzene rings is 2.